The standard InChI is InChI=1S/C33H35FN6O4/c1-31(2,3)44-30(42)40-17-32(18-40)15-39(16-32)20-5-9-26(43-21-6-7-21)25(13-20)36-29-35-14-24(34)27(37-29)19-4-8-23-22(12-19)28(41)38-33(23)10-11-33/h4-5,8-9,12-14,21H,6-7,10-11,15-18H2,1-3H3,(H,38,41)(H,35,36,37). The zero-order valence-corrected chi connectivity index (χ0v) is 25.1. The number of hydrogen-bond acceptors (Lipinski definition) is 8. The summed E-state index contributed by atoms with van der Waals surface area (Å²) in [4.78, 5) is 37.8. The number of rotatable bonds is 6. The summed E-state index contributed by atoms with van der Waals surface area (Å²) in [7, 11) is 0. The first-order valence-electron chi connectivity index (χ1n) is 15.3. The number of benzene rings is 2. The molecule has 1 aromatic heterocycles. The Morgan fingerprint density at radius 1 is 1.09 bits per heavy atom. The summed E-state index contributed by atoms with van der Waals surface area (Å²) in [6.45, 7) is 8.66. The lowest BCUT2D eigenvalue weighted by molar-refractivity contribution is -0.0453. The molecule has 2 aliphatic carbocycles. The number of halogens is 1. The van der Waals surface area contributed by atoms with E-state index >= 15 is 4.39 Å². The number of carbonyl (C=O) groups excluding carboxylic acids is 2. The summed E-state index contributed by atoms with van der Waals surface area (Å²) in [6, 6.07) is 11.4. The second kappa shape index (κ2) is 9.30. The summed E-state index contributed by atoms with van der Waals surface area (Å²) in [5.41, 5.74) is 3.24. The van der Waals surface area contributed by atoms with Gasteiger partial charge in [0.15, 0.2) is 5.82 Å². The Morgan fingerprint density at radius 3 is 2.57 bits per heavy atom. The second-order valence-electron chi connectivity index (χ2n) is 14.0. The van der Waals surface area contributed by atoms with Gasteiger partial charge < -0.3 is 29.9 Å². The SMILES string of the molecule is CC(C)(C)OC(=O)N1CC2(C1)CN(c1ccc(OC3CC3)c(Nc3ncc(F)c(-c4ccc5c(c4)C(=O)NC54CC4)n3)c1)C2. The summed E-state index contributed by atoms with van der Waals surface area (Å²) in [5, 5.41) is 6.34. The van der Waals surface area contributed by atoms with Crippen LogP contribution in [0.25, 0.3) is 11.3 Å². The Morgan fingerprint density at radius 2 is 1.86 bits per heavy atom. The van der Waals surface area contributed by atoms with Crippen LogP contribution in [0, 0.1) is 11.2 Å². The third-order valence-electron chi connectivity index (χ3n) is 9.05. The van der Waals surface area contributed by atoms with Crippen molar-refractivity contribution < 1.29 is 23.5 Å². The molecule has 2 saturated heterocycles. The van der Waals surface area contributed by atoms with Crippen molar-refractivity contribution in [2.75, 3.05) is 36.4 Å². The molecule has 5 aliphatic rings. The number of likely N-dealkylation sites (tertiary alicyclic amines) is 1. The summed E-state index contributed by atoms with van der Waals surface area (Å²) < 4.78 is 26.7. The number of amides is 2. The van der Waals surface area contributed by atoms with E-state index in [0.29, 0.717) is 35.7 Å². The molecule has 11 heteroatoms. The fraction of sp³-hybridized carbons (Fsp3) is 0.455. The minimum Gasteiger partial charge on any atom is -0.488 e. The van der Waals surface area contributed by atoms with Crippen molar-refractivity contribution in [1.82, 2.24) is 20.2 Å². The highest BCUT2D eigenvalue weighted by Gasteiger charge is 2.54. The molecule has 4 fully saturated rings. The topological polar surface area (TPSA) is 109 Å². The molecular weight excluding hydrogens is 563 g/mol. The maximum absolute atomic E-state index is 15.0. The first kappa shape index (κ1) is 27.2. The predicted molar refractivity (Wildman–Crippen MR) is 162 cm³/mol. The van der Waals surface area contributed by atoms with E-state index in [4.69, 9.17) is 9.47 Å². The number of anilines is 3. The van der Waals surface area contributed by atoms with Crippen LogP contribution in [0.3, 0.4) is 0 Å². The largest absolute Gasteiger partial charge is 0.488 e. The average molecular weight is 599 g/mol. The highest BCUT2D eigenvalue weighted by atomic mass is 19.1. The quantitative estimate of drug-likeness (QED) is 0.391. The molecule has 0 atom stereocenters. The van der Waals surface area contributed by atoms with Crippen LogP contribution in [0.5, 0.6) is 5.75 Å². The lowest BCUT2D eigenvalue weighted by atomic mass is 9.73. The van der Waals surface area contributed by atoms with E-state index in [-0.39, 0.29) is 40.7 Å². The van der Waals surface area contributed by atoms with Gasteiger partial charge in [0, 0.05) is 48.4 Å². The molecule has 0 bridgehead atoms. The number of nitrogens with zero attached hydrogens (tertiary/aromatic N) is 4. The van der Waals surface area contributed by atoms with Crippen molar-refractivity contribution in [1.29, 1.82) is 0 Å². The van der Waals surface area contributed by atoms with E-state index in [9.17, 15) is 9.59 Å². The molecule has 4 heterocycles. The van der Waals surface area contributed by atoms with E-state index in [1.54, 1.807) is 11.0 Å². The van der Waals surface area contributed by atoms with Gasteiger partial charge in [-0.15, -0.1) is 0 Å². The lowest BCUT2D eigenvalue weighted by Gasteiger charge is -2.60. The molecule has 228 valence electrons. The second-order valence-corrected chi connectivity index (χ2v) is 14.0. The van der Waals surface area contributed by atoms with E-state index in [2.05, 4.69) is 25.5 Å². The smallest absolute Gasteiger partial charge is 0.410 e. The van der Waals surface area contributed by atoms with Gasteiger partial charge >= 0.3 is 6.09 Å². The van der Waals surface area contributed by atoms with E-state index in [1.165, 1.54) is 0 Å². The number of carbonyl (C=O) groups is 2. The fourth-order valence-electron chi connectivity index (χ4n) is 6.56. The van der Waals surface area contributed by atoms with Gasteiger partial charge in [0.1, 0.15) is 17.0 Å². The highest BCUT2D eigenvalue weighted by Crippen LogP contribution is 2.51. The van der Waals surface area contributed by atoms with E-state index in [0.717, 1.165) is 56.2 Å². The van der Waals surface area contributed by atoms with Crippen LogP contribution in [0.1, 0.15) is 62.4 Å². The van der Waals surface area contributed by atoms with Gasteiger partial charge in [0.05, 0.1) is 23.5 Å². The van der Waals surface area contributed by atoms with E-state index in [1.807, 2.05) is 51.1 Å². The third-order valence-corrected chi connectivity index (χ3v) is 9.05. The molecule has 2 spiro atoms. The van der Waals surface area contributed by atoms with Gasteiger partial charge in [-0.2, -0.15) is 0 Å². The minimum absolute atomic E-state index is 0.0779. The van der Waals surface area contributed by atoms with Gasteiger partial charge in [-0.3, -0.25) is 4.79 Å². The number of aromatic nitrogens is 2. The normalized spacial score (nSPS) is 20.5. The predicted octanol–water partition coefficient (Wildman–Crippen LogP) is 5.36. The molecular formula is C33H35FN6O4. The van der Waals surface area contributed by atoms with E-state index < -0.39 is 11.4 Å². The molecule has 3 aromatic rings. The molecule has 44 heavy (non-hydrogen) atoms. The van der Waals surface area contributed by atoms with Gasteiger partial charge in [0.25, 0.3) is 5.91 Å². The number of fused-ring (bicyclic) bond motifs is 2. The van der Waals surface area contributed by atoms with Crippen LogP contribution in [-0.2, 0) is 10.3 Å². The Balaban J connectivity index is 1.01. The summed E-state index contributed by atoms with van der Waals surface area (Å²) in [5.74, 6) is 0.225. The van der Waals surface area contributed by atoms with Crippen molar-refractivity contribution in [3.05, 3.63) is 59.5 Å². The van der Waals surface area contributed by atoms with Crippen LogP contribution in [-0.4, -0.2) is 64.8 Å². The molecule has 2 amide bonds. The van der Waals surface area contributed by atoms with Crippen molar-refractivity contribution >= 4 is 29.3 Å². The lowest BCUT2D eigenvalue weighted by Crippen LogP contribution is -2.73. The first-order chi connectivity index (χ1) is 21.0. The average Bonchev–Trinajstić information content (AvgIpc) is 3.85. The third kappa shape index (κ3) is 4.78. The molecule has 3 aliphatic heterocycles. The monoisotopic (exact) mass is 598 g/mol. The van der Waals surface area contributed by atoms with Crippen LogP contribution in [0.15, 0.2) is 42.6 Å². The zero-order chi connectivity index (χ0) is 30.4. The van der Waals surface area contributed by atoms with Crippen LogP contribution < -0.4 is 20.3 Å². The Kier molecular flexibility index (Phi) is 5.74. The minimum atomic E-state index is -0.565. The van der Waals surface area contributed by atoms with Crippen LogP contribution in [0.4, 0.5) is 26.5 Å². The summed E-state index contributed by atoms with van der Waals surface area (Å²) in [6.07, 6.45) is 4.94. The molecule has 10 nitrogen and oxygen atoms in total. The van der Waals surface area contributed by atoms with Crippen molar-refractivity contribution in [3.8, 4) is 17.0 Å². The summed E-state index contributed by atoms with van der Waals surface area (Å²) >= 11 is 0. The number of hydrogen-bond donors (Lipinski definition) is 2. The molecule has 8 rings (SSSR count). The highest BCUT2D eigenvalue weighted by molar-refractivity contribution is 6.01. The molecule has 0 radical (unpaired) electrons. The van der Waals surface area contributed by atoms with Crippen LogP contribution >= 0.6 is 0 Å². The number of nitrogens with one attached hydrogen (secondary N) is 2. The fourth-order valence-corrected chi connectivity index (χ4v) is 6.56. The number of ether oxygens (including phenoxy) is 2. The van der Waals surface area contributed by atoms with Crippen molar-refractivity contribution in [3.63, 3.8) is 0 Å². The van der Waals surface area contributed by atoms with Crippen molar-refractivity contribution in [2.45, 2.75) is 63.7 Å². The Bertz CT molecular complexity index is 1700. The van der Waals surface area contributed by atoms with Gasteiger partial charge in [-0.1, -0.05) is 12.1 Å². The van der Waals surface area contributed by atoms with Gasteiger partial charge in [-0.05, 0) is 76.3 Å². The molecule has 2 saturated carbocycles. The zero-order valence-electron chi connectivity index (χ0n) is 25.1. The molecule has 0 unspecified atom stereocenters. The molecule has 2 N–H and O–H groups in total. The molecule has 2 aromatic carbocycles. The Labute approximate surface area is 254 Å². The van der Waals surface area contributed by atoms with Gasteiger partial charge in [0.2, 0.25) is 5.95 Å². The van der Waals surface area contributed by atoms with Crippen molar-refractivity contribution in [2.24, 2.45) is 5.41 Å². The van der Waals surface area contributed by atoms with Crippen LogP contribution in [0.2, 0.25) is 0 Å². The van der Waals surface area contributed by atoms with Gasteiger partial charge in [-0.25, -0.2) is 19.2 Å². The maximum Gasteiger partial charge on any atom is 0.410 e. The first-order valence-corrected chi connectivity index (χ1v) is 15.3. The Hall–Kier alpha value is -4.41. The maximum atomic E-state index is 15.0.